The van der Waals surface area contributed by atoms with Crippen LogP contribution in [-0.2, 0) is 11.4 Å². The molecule has 1 aromatic heterocycles. The van der Waals surface area contributed by atoms with Crippen molar-refractivity contribution in [3.8, 4) is 39.8 Å². The predicted molar refractivity (Wildman–Crippen MR) is 133 cm³/mol. The van der Waals surface area contributed by atoms with E-state index in [2.05, 4.69) is 6.58 Å². The molecule has 0 aliphatic carbocycles. The maximum Gasteiger partial charge on any atom is 0.341 e. The molecule has 0 radical (unpaired) electrons. The lowest BCUT2D eigenvalue weighted by Crippen LogP contribution is -2.10. The van der Waals surface area contributed by atoms with E-state index in [9.17, 15) is 4.79 Å². The summed E-state index contributed by atoms with van der Waals surface area (Å²) in [4.78, 5) is 15.4. The number of carboxylic acids is 1. The van der Waals surface area contributed by atoms with Crippen molar-refractivity contribution >= 4 is 12.0 Å². The van der Waals surface area contributed by atoms with Gasteiger partial charge in [0.2, 0.25) is 5.89 Å². The third-order valence-corrected chi connectivity index (χ3v) is 5.30. The minimum Gasteiger partial charge on any atom is -0.497 e. The fraction of sp³-hybridized carbons (Fsp3) is 0.143. The normalized spacial score (nSPS) is 10.6. The van der Waals surface area contributed by atoms with E-state index in [1.807, 2.05) is 55.5 Å². The first-order chi connectivity index (χ1) is 17.0. The number of rotatable bonds is 10. The fourth-order valence-electron chi connectivity index (χ4n) is 3.50. The molecule has 3 aromatic carbocycles. The highest BCUT2D eigenvalue weighted by Gasteiger charge is 2.18. The number of aromatic nitrogens is 1. The Balaban J connectivity index is 1.59. The van der Waals surface area contributed by atoms with Crippen LogP contribution in [0.5, 0.6) is 17.2 Å². The van der Waals surface area contributed by atoms with E-state index in [4.69, 9.17) is 28.7 Å². The number of nitrogens with zero attached hydrogens (tertiary/aromatic N) is 1. The fourth-order valence-corrected chi connectivity index (χ4v) is 3.50. The van der Waals surface area contributed by atoms with E-state index in [0.717, 1.165) is 28.0 Å². The first-order valence-electron chi connectivity index (χ1n) is 10.9. The van der Waals surface area contributed by atoms with E-state index in [0.29, 0.717) is 28.8 Å². The van der Waals surface area contributed by atoms with Gasteiger partial charge in [-0.3, -0.25) is 0 Å². The van der Waals surface area contributed by atoms with Crippen LogP contribution in [0.4, 0.5) is 0 Å². The van der Waals surface area contributed by atoms with Gasteiger partial charge in [0.15, 0.2) is 19.0 Å². The van der Waals surface area contributed by atoms with Gasteiger partial charge in [0.25, 0.3) is 0 Å². The summed E-state index contributed by atoms with van der Waals surface area (Å²) in [5.74, 6) is 1.86. The predicted octanol–water partition coefficient (Wildman–Crippen LogP) is 6.01. The van der Waals surface area contributed by atoms with Crippen LogP contribution in [0.1, 0.15) is 17.0 Å². The van der Waals surface area contributed by atoms with Gasteiger partial charge in [-0.15, -0.1) is 0 Å². The third-order valence-electron chi connectivity index (χ3n) is 5.30. The Morgan fingerprint density at radius 2 is 1.69 bits per heavy atom. The summed E-state index contributed by atoms with van der Waals surface area (Å²) in [6.45, 7) is 5.34. The number of carboxylic acid groups (broad SMARTS) is 1. The number of oxazole rings is 1. The first-order valence-corrected chi connectivity index (χ1v) is 10.9. The number of carbonyl (C=O) groups is 1. The highest BCUT2D eigenvalue weighted by molar-refractivity contribution is 5.77. The Hall–Kier alpha value is -4.52. The summed E-state index contributed by atoms with van der Waals surface area (Å²) in [6, 6.07) is 20.7. The minimum absolute atomic E-state index is 0.114. The second-order valence-corrected chi connectivity index (χ2v) is 7.74. The molecular weight excluding hydrogens is 446 g/mol. The lowest BCUT2D eigenvalue weighted by atomic mass is 10.0. The van der Waals surface area contributed by atoms with E-state index in [1.165, 1.54) is 0 Å². The molecule has 7 heteroatoms. The van der Waals surface area contributed by atoms with E-state index in [-0.39, 0.29) is 6.61 Å². The highest BCUT2D eigenvalue weighted by Crippen LogP contribution is 2.34. The van der Waals surface area contributed by atoms with Crippen LogP contribution in [0.2, 0.25) is 0 Å². The van der Waals surface area contributed by atoms with E-state index in [1.54, 1.807) is 31.4 Å². The maximum atomic E-state index is 10.7. The van der Waals surface area contributed by atoms with Gasteiger partial charge in [-0.25, -0.2) is 9.78 Å². The zero-order chi connectivity index (χ0) is 24.8. The first kappa shape index (κ1) is 23.6. The number of aryl methyl sites for hydroxylation is 1. The molecule has 7 nitrogen and oxygen atoms in total. The van der Waals surface area contributed by atoms with Crippen molar-refractivity contribution in [3.63, 3.8) is 0 Å². The van der Waals surface area contributed by atoms with Crippen molar-refractivity contribution < 1.29 is 28.5 Å². The Kier molecular flexibility index (Phi) is 7.16. The molecule has 0 spiro atoms. The van der Waals surface area contributed by atoms with Gasteiger partial charge >= 0.3 is 5.97 Å². The Labute approximate surface area is 203 Å². The number of ether oxygens (including phenoxy) is 3. The van der Waals surface area contributed by atoms with Crippen LogP contribution in [0, 0.1) is 6.92 Å². The van der Waals surface area contributed by atoms with Crippen LogP contribution >= 0.6 is 0 Å². The molecule has 0 atom stereocenters. The molecular formula is C28H25NO6. The average Bonchev–Trinajstić information content (AvgIpc) is 3.31. The van der Waals surface area contributed by atoms with Crippen molar-refractivity contribution in [1.82, 2.24) is 4.98 Å². The molecule has 1 heterocycles. The summed E-state index contributed by atoms with van der Waals surface area (Å²) in [5, 5.41) is 8.79. The smallest absolute Gasteiger partial charge is 0.341 e. The van der Waals surface area contributed by atoms with Crippen molar-refractivity contribution in [2.75, 3.05) is 13.7 Å². The molecule has 0 aliphatic heterocycles. The zero-order valence-corrected chi connectivity index (χ0v) is 19.5. The number of hydrogen-bond acceptors (Lipinski definition) is 6. The van der Waals surface area contributed by atoms with Crippen molar-refractivity contribution in [2.45, 2.75) is 13.5 Å². The lowest BCUT2D eigenvalue weighted by molar-refractivity contribution is -0.139. The molecule has 0 fully saturated rings. The van der Waals surface area contributed by atoms with E-state index >= 15 is 0 Å². The maximum absolute atomic E-state index is 10.7. The zero-order valence-electron chi connectivity index (χ0n) is 19.5. The number of methoxy groups -OCH3 is 1. The third kappa shape index (κ3) is 5.70. The van der Waals surface area contributed by atoms with Crippen molar-refractivity contribution in [1.29, 1.82) is 0 Å². The molecule has 35 heavy (non-hydrogen) atoms. The molecule has 0 unspecified atom stereocenters. The summed E-state index contributed by atoms with van der Waals surface area (Å²) >= 11 is 0. The second-order valence-electron chi connectivity index (χ2n) is 7.74. The highest BCUT2D eigenvalue weighted by atomic mass is 16.5. The molecule has 0 bridgehead atoms. The van der Waals surface area contributed by atoms with Gasteiger partial charge in [-0.1, -0.05) is 36.9 Å². The van der Waals surface area contributed by atoms with Gasteiger partial charge in [0.05, 0.1) is 7.11 Å². The van der Waals surface area contributed by atoms with Gasteiger partial charge in [0.1, 0.15) is 22.9 Å². The Morgan fingerprint density at radius 1 is 1.00 bits per heavy atom. The van der Waals surface area contributed by atoms with Gasteiger partial charge in [-0.05, 0) is 60.5 Å². The van der Waals surface area contributed by atoms with Crippen LogP contribution in [0.15, 0.2) is 77.7 Å². The number of hydrogen-bond donors (Lipinski definition) is 1. The van der Waals surface area contributed by atoms with Gasteiger partial charge < -0.3 is 23.7 Å². The SMILES string of the molecule is C=Cc1ccc(-c2oc(COc3ccc(OCC(=O)O)c(C)c3)nc2-c2ccc(OC)cc2)cc1. The molecule has 0 amide bonds. The largest absolute Gasteiger partial charge is 0.497 e. The summed E-state index contributed by atoms with van der Waals surface area (Å²) in [6.07, 6.45) is 1.79. The standard InChI is InChI=1S/C28H25NO6/c1-4-19-5-7-21(8-6-19)28-27(20-9-11-22(32-3)12-10-20)29-25(35-28)16-33-23-13-14-24(18(2)15-23)34-17-26(30)31/h4-15H,1,16-17H2,2-3H3,(H,30,31). The van der Waals surface area contributed by atoms with Crippen LogP contribution in [0.3, 0.4) is 0 Å². The molecule has 0 saturated heterocycles. The summed E-state index contributed by atoms with van der Waals surface area (Å²) < 4.78 is 22.6. The topological polar surface area (TPSA) is 91.0 Å². The van der Waals surface area contributed by atoms with Crippen molar-refractivity contribution in [3.05, 3.63) is 90.3 Å². The van der Waals surface area contributed by atoms with Crippen LogP contribution in [0.25, 0.3) is 28.7 Å². The van der Waals surface area contributed by atoms with Crippen LogP contribution in [-0.4, -0.2) is 29.8 Å². The van der Waals surface area contributed by atoms with Gasteiger partial charge in [-0.2, -0.15) is 0 Å². The number of aliphatic carboxylic acids is 1. The lowest BCUT2D eigenvalue weighted by Gasteiger charge is -2.09. The molecule has 1 N–H and O–H groups in total. The van der Waals surface area contributed by atoms with Gasteiger partial charge in [0, 0.05) is 11.1 Å². The van der Waals surface area contributed by atoms with E-state index < -0.39 is 12.6 Å². The molecule has 178 valence electrons. The van der Waals surface area contributed by atoms with Crippen LogP contribution < -0.4 is 14.2 Å². The average molecular weight is 472 g/mol. The molecule has 4 rings (SSSR count). The quantitative estimate of drug-likeness (QED) is 0.303. The molecule has 4 aromatic rings. The molecule has 0 saturated carbocycles. The Morgan fingerprint density at radius 3 is 2.31 bits per heavy atom. The van der Waals surface area contributed by atoms with Crippen molar-refractivity contribution in [2.24, 2.45) is 0 Å². The number of benzene rings is 3. The summed E-state index contributed by atoms with van der Waals surface area (Å²) in [5.41, 5.74) is 4.24. The Bertz CT molecular complexity index is 1320. The minimum atomic E-state index is -1.03. The second kappa shape index (κ2) is 10.6. The molecule has 0 aliphatic rings. The monoisotopic (exact) mass is 471 g/mol. The summed E-state index contributed by atoms with van der Waals surface area (Å²) in [7, 11) is 1.62.